The van der Waals surface area contributed by atoms with Crippen LogP contribution in [0.3, 0.4) is 0 Å². The summed E-state index contributed by atoms with van der Waals surface area (Å²) in [6.45, 7) is 12.0. The highest BCUT2D eigenvalue weighted by molar-refractivity contribution is 7.99. The molecule has 0 aromatic heterocycles. The minimum atomic E-state index is 0.111. The van der Waals surface area contributed by atoms with Crippen molar-refractivity contribution < 1.29 is 9.53 Å². The number of ether oxygens (including phenoxy) is 1. The van der Waals surface area contributed by atoms with E-state index in [1.807, 2.05) is 23.9 Å². The molecule has 0 spiro atoms. The van der Waals surface area contributed by atoms with E-state index in [1.54, 1.807) is 0 Å². The standard InChI is InChI=1S/C21H32N2O2S/c1-21(2,3)18-7-5-17(6-8-18)20(24)23-9-4-14-26-16-19(23)15-22-10-12-25-13-11-22/h5-8,19H,4,9-16H2,1-3H3/t19-/m1/s1. The molecule has 1 aromatic carbocycles. The molecule has 0 unspecified atom stereocenters. The van der Waals surface area contributed by atoms with E-state index in [4.69, 9.17) is 4.74 Å². The Labute approximate surface area is 162 Å². The van der Waals surface area contributed by atoms with Gasteiger partial charge in [-0.25, -0.2) is 0 Å². The quantitative estimate of drug-likeness (QED) is 0.811. The van der Waals surface area contributed by atoms with E-state index >= 15 is 0 Å². The smallest absolute Gasteiger partial charge is 0.254 e. The summed E-state index contributed by atoms with van der Waals surface area (Å²) in [7, 11) is 0. The third kappa shape index (κ3) is 5.02. The molecule has 1 atom stereocenters. The topological polar surface area (TPSA) is 32.8 Å². The van der Waals surface area contributed by atoms with E-state index in [0.29, 0.717) is 0 Å². The van der Waals surface area contributed by atoms with Gasteiger partial charge >= 0.3 is 0 Å². The van der Waals surface area contributed by atoms with Crippen LogP contribution in [-0.4, -0.2) is 72.6 Å². The van der Waals surface area contributed by atoms with Gasteiger partial charge in [0.2, 0.25) is 0 Å². The lowest BCUT2D eigenvalue weighted by Gasteiger charge is -2.35. The van der Waals surface area contributed by atoms with Gasteiger partial charge in [-0.1, -0.05) is 32.9 Å². The van der Waals surface area contributed by atoms with E-state index in [9.17, 15) is 4.79 Å². The summed E-state index contributed by atoms with van der Waals surface area (Å²) < 4.78 is 5.47. The molecule has 1 aromatic rings. The number of amides is 1. The zero-order valence-corrected chi connectivity index (χ0v) is 17.2. The minimum absolute atomic E-state index is 0.111. The number of benzene rings is 1. The molecule has 2 saturated heterocycles. The van der Waals surface area contributed by atoms with Crippen molar-refractivity contribution in [2.24, 2.45) is 0 Å². The van der Waals surface area contributed by atoms with Gasteiger partial charge in [0.1, 0.15) is 0 Å². The van der Waals surface area contributed by atoms with Crippen molar-refractivity contribution in [2.45, 2.75) is 38.6 Å². The van der Waals surface area contributed by atoms with Crippen LogP contribution in [0, 0.1) is 0 Å². The van der Waals surface area contributed by atoms with Crippen molar-refractivity contribution in [3.05, 3.63) is 35.4 Å². The highest BCUT2D eigenvalue weighted by atomic mass is 32.2. The van der Waals surface area contributed by atoms with Gasteiger partial charge in [0.25, 0.3) is 5.91 Å². The lowest BCUT2D eigenvalue weighted by atomic mass is 9.86. The first-order valence-electron chi connectivity index (χ1n) is 9.74. The van der Waals surface area contributed by atoms with Crippen LogP contribution >= 0.6 is 11.8 Å². The summed E-state index contributed by atoms with van der Waals surface area (Å²) in [5.41, 5.74) is 2.20. The van der Waals surface area contributed by atoms with Gasteiger partial charge in [-0.15, -0.1) is 0 Å². The Balaban J connectivity index is 1.73. The molecule has 0 saturated carbocycles. The number of morpholine rings is 1. The highest BCUT2D eigenvalue weighted by Gasteiger charge is 2.29. The van der Waals surface area contributed by atoms with Crippen LogP contribution in [0.5, 0.6) is 0 Å². The molecule has 1 amide bonds. The SMILES string of the molecule is CC(C)(C)c1ccc(C(=O)N2CCCSC[C@H]2CN2CCOCC2)cc1. The van der Waals surface area contributed by atoms with E-state index < -0.39 is 0 Å². The second-order valence-electron chi connectivity index (χ2n) is 8.32. The average Bonchev–Trinajstić information content (AvgIpc) is 2.87. The van der Waals surface area contributed by atoms with Gasteiger partial charge in [-0.2, -0.15) is 11.8 Å². The molecular formula is C21H32N2O2S. The molecule has 5 heteroatoms. The van der Waals surface area contributed by atoms with Crippen molar-refractivity contribution in [3.8, 4) is 0 Å². The number of carbonyl (C=O) groups is 1. The fourth-order valence-corrected chi connectivity index (χ4v) is 4.67. The zero-order valence-electron chi connectivity index (χ0n) is 16.4. The summed E-state index contributed by atoms with van der Waals surface area (Å²) >= 11 is 1.98. The molecule has 0 radical (unpaired) electrons. The predicted molar refractivity (Wildman–Crippen MR) is 109 cm³/mol. The van der Waals surface area contributed by atoms with E-state index in [1.165, 1.54) is 5.56 Å². The lowest BCUT2D eigenvalue weighted by molar-refractivity contribution is 0.0245. The molecule has 4 nitrogen and oxygen atoms in total. The monoisotopic (exact) mass is 376 g/mol. The van der Waals surface area contributed by atoms with Crippen LogP contribution in [-0.2, 0) is 10.2 Å². The molecule has 26 heavy (non-hydrogen) atoms. The minimum Gasteiger partial charge on any atom is -0.379 e. The third-order valence-corrected chi connectivity index (χ3v) is 6.47. The van der Waals surface area contributed by atoms with Gasteiger partial charge in [0.05, 0.1) is 19.3 Å². The number of carbonyl (C=O) groups excluding carboxylic acids is 1. The Hall–Kier alpha value is -1.04. The molecule has 144 valence electrons. The molecule has 2 heterocycles. The van der Waals surface area contributed by atoms with Crippen molar-refractivity contribution >= 4 is 17.7 Å². The molecule has 2 fully saturated rings. The maximum Gasteiger partial charge on any atom is 0.254 e. The van der Waals surface area contributed by atoms with Crippen molar-refractivity contribution in [1.29, 1.82) is 0 Å². The summed E-state index contributed by atoms with van der Waals surface area (Å²) in [5.74, 6) is 2.36. The Morgan fingerprint density at radius 1 is 1.15 bits per heavy atom. The lowest BCUT2D eigenvalue weighted by Crippen LogP contribution is -2.50. The van der Waals surface area contributed by atoms with Crippen molar-refractivity contribution in [1.82, 2.24) is 9.80 Å². The summed E-state index contributed by atoms with van der Waals surface area (Å²) in [6.07, 6.45) is 1.08. The molecule has 0 bridgehead atoms. The fourth-order valence-electron chi connectivity index (χ4n) is 3.61. The van der Waals surface area contributed by atoms with E-state index in [-0.39, 0.29) is 17.4 Å². The Morgan fingerprint density at radius 3 is 2.50 bits per heavy atom. The van der Waals surface area contributed by atoms with Crippen molar-refractivity contribution in [2.75, 3.05) is 50.9 Å². The molecule has 0 aliphatic carbocycles. The van der Waals surface area contributed by atoms with Crippen LogP contribution in [0.15, 0.2) is 24.3 Å². The average molecular weight is 377 g/mol. The largest absolute Gasteiger partial charge is 0.379 e. The molecule has 0 N–H and O–H groups in total. The van der Waals surface area contributed by atoms with Gasteiger partial charge in [0.15, 0.2) is 0 Å². The maximum atomic E-state index is 13.2. The van der Waals surface area contributed by atoms with Gasteiger partial charge < -0.3 is 9.64 Å². The number of hydrogen-bond acceptors (Lipinski definition) is 4. The van der Waals surface area contributed by atoms with E-state index in [2.05, 4.69) is 42.7 Å². The van der Waals surface area contributed by atoms with Gasteiger partial charge in [-0.05, 0) is 35.3 Å². The normalized spacial score (nSPS) is 22.9. The Bertz CT molecular complexity index is 591. The van der Waals surface area contributed by atoms with Gasteiger partial charge in [0, 0.05) is 37.5 Å². The summed E-state index contributed by atoms with van der Waals surface area (Å²) in [5, 5.41) is 0. The Morgan fingerprint density at radius 2 is 1.85 bits per heavy atom. The van der Waals surface area contributed by atoms with E-state index in [0.717, 1.165) is 62.9 Å². The van der Waals surface area contributed by atoms with Crippen LogP contribution in [0.1, 0.15) is 43.1 Å². The number of hydrogen-bond donors (Lipinski definition) is 0. The molecule has 3 rings (SSSR count). The first-order valence-corrected chi connectivity index (χ1v) is 10.9. The molecular weight excluding hydrogens is 344 g/mol. The van der Waals surface area contributed by atoms with Crippen LogP contribution in [0.4, 0.5) is 0 Å². The predicted octanol–water partition coefficient (Wildman–Crippen LogP) is 3.26. The number of rotatable bonds is 3. The Kier molecular flexibility index (Phi) is 6.65. The zero-order chi connectivity index (χ0) is 18.6. The fraction of sp³-hybridized carbons (Fsp3) is 0.667. The maximum absolute atomic E-state index is 13.2. The summed E-state index contributed by atoms with van der Waals surface area (Å²) in [4.78, 5) is 17.8. The number of nitrogens with zero attached hydrogens (tertiary/aromatic N) is 2. The second kappa shape index (κ2) is 8.77. The second-order valence-corrected chi connectivity index (χ2v) is 9.47. The first kappa shape index (κ1) is 19.7. The summed E-state index contributed by atoms with van der Waals surface area (Å²) in [6, 6.07) is 8.52. The number of thioether (sulfide) groups is 1. The third-order valence-electron chi connectivity index (χ3n) is 5.27. The van der Waals surface area contributed by atoms with Crippen LogP contribution in [0.25, 0.3) is 0 Å². The van der Waals surface area contributed by atoms with Gasteiger partial charge in [-0.3, -0.25) is 9.69 Å². The van der Waals surface area contributed by atoms with Crippen molar-refractivity contribution in [3.63, 3.8) is 0 Å². The molecule has 2 aliphatic rings. The molecule has 2 aliphatic heterocycles. The van der Waals surface area contributed by atoms with Crippen LogP contribution in [0.2, 0.25) is 0 Å². The first-order chi connectivity index (χ1) is 12.4. The van der Waals surface area contributed by atoms with Crippen LogP contribution < -0.4 is 0 Å². The highest BCUT2D eigenvalue weighted by Crippen LogP contribution is 2.24.